The second-order valence-corrected chi connectivity index (χ2v) is 11.1. The molecule has 2 fully saturated rings. The van der Waals surface area contributed by atoms with E-state index in [2.05, 4.69) is 30.0 Å². The molecule has 1 aromatic carbocycles. The number of rotatable bonds is 6. The van der Waals surface area contributed by atoms with Crippen LogP contribution in [0.2, 0.25) is 0 Å². The molecule has 0 radical (unpaired) electrons. The highest BCUT2D eigenvalue weighted by Crippen LogP contribution is 2.43. The summed E-state index contributed by atoms with van der Waals surface area (Å²) >= 11 is 0. The summed E-state index contributed by atoms with van der Waals surface area (Å²) in [6, 6.07) is 7.71. The van der Waals surface area contributed by atoms with Crippen molar-refractivity contribution in [3.05, 3.63) is 34.9 Å². The summed E-state index contributed by atoms with van der Waals surface area (Å²) in [6.07, 6.45) is 12.0. The molecule has 4 nitrogen and oxygen atoms in total. The lowest BCUT2D eigenvalue weighted by Crippen LogP contribution is -2.57. The first-order chi connectivity index (χ1) is 13.5. The summed E-state index contributed by atoms with van der Waals surface area (Å²) < 4.78 is 26.6. The molecule has 3 aliphatic heterocycles. The van der Waals surface area contributed by atoms with Crippen LogP contribution in [0.4, 0.5) is 0 Å². The third-order valence-corrected chi connectivity index (χ3v) is 8.53. The third kappa shape index (κ3) is 4.17. The van der Waals surface area contributed by atoms with Crippen LogP contribution in [0.15, 0.2) is 18.2 Å². The Morgan fingerprint density at radius 3 is 2.79 bits per heavy atom. The summed E-state index contributed by atoms with van der Waals surface area (Å²) in [5.41, 5.74) is 4.43. The molecular weight excluding hydrogens is 368 g/mol. The molecule has 0 N–H and O–H groups in total. The summed E-state index contributed by atoms with van der Waals surface area (Å²) in [5.74, 6) is 0.499. The number of hydrogen-bond donors (Lipinski definition) is 0. The Bertz CT molecular complexity index is 792. The molecule has 0 bridgehead atoms. The van der Waals surface area contributed by atoms with Gasteiger partial charge in [0.1, 0.15) is 0 Å². The molecule has 0 amide bonds. The summed E-state index contributed by atoms with van der Waals surface area (Å²) in [6.45, 7) is 5.14. The first-order valence-corrected chi connectivity index (χ1v) is 13.1. The molecule has 3 aliphatic rings. The van der Waals surface area contributed by atoms with Gasteiger partial charge in [-0.3, -0.25) is 4.90 Å². The van der Waals surface area contributed by atoms with Gasteiger partial charge in [0, 0.05) is 31.7 Å². The van der Waals surface area contributed by atoms with Crippen molar-refractivity contribution in [2.24, 2.45) is 5.92 Å². The van der Waals surface area contributed by atoms with Crippen LogP contribution in [0.1, 0.15) is 74.6 Å². The number of hydrogen-bond acceptors (Lipinski definition) is 3. The lowest BCUT2D eigenvalue weighted by Gasteiger charge is -2.51. The van der Waals surface area contributed by atoms with E-state index in [0.717, 1.165) is 32.4 Å². The topological polar surface area (TPSA) is 40.6 Å². The van der Waals surface area contributed by atoms with Crippen LogP contribution in [0.3, 0.4) is 0 Å². The second kappa shape index (κ2) is 8.45. The predicted octanol–water partition coefficient (Wildman–Crippen LogP) is 4.15. The van der Waals surface area contributed by atoms with Gasteiger partial charge in [0.15, 0.2) is 0 Å². The molecule has 4 rings (SSSR count). The number of nitrogens with zero attached hydrogens (tertiary/aromatic N) is 2. The number of aryl methyl sites for hydroxylation is 1. The second-order valence-electron chi connectivity index (χ2n) is 9.18. The van der Waals surface area contributed by atoms with Crippen molar-refractivity contribution in [1.29, 1.82) is 0 Å². The van der Waals surface area contributed by atoms with Gasteiger partial charge < -0.3 is 0 Å². The van der Waals surface area contributed by atoms with Crippen LogP contribution >= 0.6 is 0 Å². The van der Waals surface area contributed by atoms with Crippen LogP contribution in [0, 0.1) is 5.92 Å². The van der Waals surface area contributed by atoms with E-state index >= 15 is 0 Å². The normalized spacial score (nSPS) is 28.4. The molecular formula is C23H36N2O2S. The van der Waals surface area contributed by atoms with E-state index in [1.54, 1.807) is 0 Å². The van der Waals surface area contributed by atoms with Crippen LogP contribution in [0.25, 0.3) is 0 Å². The first kappa shape index (κ1) is 20.4. The molecule has 2 saturated heterocycles. The monoisotopic (exact) mass is 404 g/mol. The highest BCUT2D eigenvalue weighted by atomic mass is 32.2. The predicted molar refractivity (Wildman–Crippen MR) is 115 cm³/mol. The SMILES string of the molecule is CCCCCCc1ccc2c(c1)C1CC3C(CCCN3S(C)(=O)=O)CN1CC2. The van der Waals surface area contributed by atoms with Crippen molar-refractivity contribution in [2.75, 3.05) is 25.9 Å². The Morgan fingerprint density at radius 2 is 2.00 bits per heavy atom. The zero-order valence-electron chi connectivity index (χ0n) is 17.6. The van der Waals surface area contributed by atoms with E-state index in [-0.39, 0.29) is 6.04 Å². The van der Waals surface area contributed by atoms with Gasteiger partial charge in [0.2, 0.25) is 10.0 Å². The first-order valence-electron chi connectivity index (χ1n) is 11.3. The van der Waals surface area contributed by atoms with Gasteiger partial charge >= 0.3 is 0 Å². The molecule has 156 valence electrons. The van der Waals surface area contributed by atoms with E-state index in [0.29, 0.717) is 18.5 Å². The summed E-state index contributed by atoms with van der Waals surface area (Å²) in [4.78, 5) is 2.65. The molecule has 3 atom stereocenters. The number of sulfonamides is 1. The Balaban J connectivity index is 1.55. The number of unbranched alkanes of at least 4 members (excludes halogenated alkanes) is 3. The highest BCUT2D eigenvalue weighted by molar-refractivity contribution is 7.88. The average molecular weight is 405 g/mol. The molecule has 5 heteroatoms. The van der Waals surface area contributed by atoms with Crippen molar-refractivity contribution in [2.45, 2.75) is 76.8 Å². The van der Waals surface area contributed by atoms with E-state index in [1.807, 2.05) is 4.31 Å². The van der Waals surface area contributed by atoms with Crippen LogP contribution in [0.5, 0.6) is 0 Å². The standard InChI is InChI=1S/C23H36N2O2S/c1-3-4-5-6-8-18-10-11-19-12-14-24-17-20-9-7-13-25(28(2,26)27)22(20)16-23(24)21(19)15-18/h10-11,15,20,22-23H,3-9,12-14,16-17H2,1-2H3. The van der Waals surface area contributed by atoms with Crippen LogP contribution in [-0.4, -0.2) is 49.6 Å². The highest BCUT2D eigenvalue weighted by Gasteiger charge is 2.44. The molecule has 3 heterocycles. The fourth-order valence-electron chi connectivity index (χ4n) is 5.77. The third-order valence-electron chi connectivity index (χ3n) is 7.22. The molecule has 3 unspecified atom stereocenters. The van der Waals surface area contributed by atoms with Gasteiger partial charge in [-0.15, -0.1) is 0 Å². The Morgan fingerprint density at radius 1 is 1.14 bits per heavy atom. The molecule has 1 aromatic rings. The Hall–Kier alpha value is -0.910. The average Bonchev–Trinajstić information content (AvgIpc) is 2.68. The maximum atomic E-state index is 12.4. The summed E-state index contributed by atoms with van der Waals surface area (Å²) in [5, 5.41) is 0. The van der Waals surface area contributed by atoms with Crippen LogP contribution in [-0.2, 0) is 22.9 Å². The number of fused-ring (bicyclic) bond motifs is 4. The van der Waals surface area contributed by atoms with Crippen molar-refractivity contribution < 1.29 is 8.42 Å². The van der Waals surface area contributed by atoms with E-state index in [9.17, 15) is 8.42 Å². The minimum Gasteiger partial charge on any atom is -0.296 e. The molecule has 0 saturated carbocycles. The minimum absolute atomic E-state index is 0.184. The maximum absolute atomic E-state index is 12.4. The quantitative estimate of drug-likeness (QED) is 0.669. The Kier molecular flexibility index (Phi) is 6.15. The van der Waals surface area contributed by atoms with Gasteiger partial charge in [0.25, 0.3) is 0 Å². The fraction of sp³-hybridized carbons (Fsp3) is 0.739. The fourth-order valence-corrected chi connectivity index (χ4v) is 6.98. The van der Waals surface area contributed by atoms with Crippen LogP contribution < -0.4 is 0 Å². The van der Waals surface area contributed by atoms with E-state index in [4.69, 9.17) is 0 Å². The van der Waals surface area contributed by atoms with Crippen molar-refractivity contribution in [1.82, 2.24) is 9.21 Å². The van der Waals surface area contributed by atoms with Gasteiger partial charge in [-0.05, 0) is 61.1 Å². The lowest BCUT2D eigenvalue weighted by molar-refractivity contribution is 0.0222. The minimum atomic E-state index is -3.12. The lowest BCUT2D eigenvalue weighted by atomic mass is 9.77. The van der Waals surface area contributed by atoms with E-state index < -0.39 is 10.0 Å². The van der Waals surface area contributed by atoms with Gasteiger partial charge in [-0.1, -0.05) is 44.4 Å². The molecule has 0 aromatic heterocycles. The molecule has 0 spiro atoms. The summed E-state index contributed by atoms with van der Waals surface area (Å²) in [7, 11) is -3.12. The maximum Gasteiger partial charge on any atom is 0.211 e. The number of benzene rings is 1. The van der Waals surface area contributed by atoms with E-state index in [1.165, 1.54) is 61.5 Å². The van der Waals surface area contributed by atoms with Crippen molar-refractivity contribution >= 4 is 10.0 Å². The largest absolute Gasteiger partial charge is 0.296 e. The van der Waals surface area contributed by atoms with Crippen molar-refractivity contribution in [3.63, 3.8) is 0 Å². The Labute approximate surface area is 171 Å². The van der Waals surface area contributed by atoms with Gasteiger partial charge in [0.05, 0.1) is 6.26 Å². The number of piperidine rings is 2. The molecule has 0 aliphatic carbocycles. The smallest absolute Gasteiger partial charge is 0.211 e. The van der Waals surface area contributed by atoms with Gasteiger partial charge in [-0.2, -0.15) is 4.31 Å². The zero-order valence-corrected chi connectivity index (χ0v) is 18.4. The van der Waals surface area contributed by atoms with Gasteiger partial charge in [-0.25, -0.2) is 8.42 Å². The molecule has 28 heavy (non-hydrogen) atoms. The zero-order chi connectivity index (χ0) is 19.7. The van der Waals surface area contributed by atoms with Crippen molar-refractivity contribution in [3.8, 4) is 0 Å².